The van der Waals surface area contributed by atoms with Crippen molar-refractivity contribution < 1.29 is 0 Å². The van der Waals surface area contributed by atoms with Gasteiger partial charge in [-0.05, 0) is 34.8 Å². The van der Waals surface area contributed by atoms with Gasteiger partial charge in [0.05, 0.1) is 0 Å². The van der Waals surface area contributed by atoms with Crippen molar-refractivity contribution >= 4 is 5.57 Å². The third-order valence-corrected chi connectivity index (χ3v) is 3.33. The molecule has 2 aromatic rings. The van der Waals surface area contributed by atoms with Crippen LogP contribution in [0.25, 0.3) is 16.7 Å². The van der Waals surface area contributed by atoms with Crippen LogP contribution in [0.4, 0.5) is 0 Å². The molecule has 1 aliphatic carbocycles. The molecule has 2 aromatic carbocycles. The van der Waals surface area contributed by atoms with E-state index in [9.17, 15) is 0 Å². The molecule has 0 spiro atoms. The average molecular weight is 274 g/mol. The van der Waals surface area contributed by atoms with E-state index in [2.05, 4.69) is 85.0 Å². The van der Waals surface area contributed by atoms with Crippen LogP contribution in [0.5, 0.6) is 0 Å². The number of rotatable bonds is 2. The van der Waals surface area contributed by atoms with Gasteiger partial charge < -0.3 is 0 Å². The highest BCUT2D eigenvalue weighted by Gasteiger charge is 2.03. The second-order valence-electron chi connectivity index (χ2n) is 4.66. The summed E-state index contributed by atoms with van der Waals surface area (Å²) in [7, 11) is 0. The SMILES string of the molecule is C1=CC=C(c2cccc(-c3ccccc3)c2)CC=C1.CC. The highest BCUT2D eigenvalue weighted by molar-refractivity contribution is 5.74. The Bertz CT molecular complexity index is 643. The smallest absolute Gasteiger partial charge is 0.00884 e. The number of hydrogen-bond acceptors (Lipinski definition) is 0. The Balaban J connectivity index is 0.000000774. The highest BCUT2D eigenvalue weighted by atomic mass is 14.1. The molecule has 0 aliphatic heterocycles. The molecule has 0 fully saturated rings. The van der Waals surface area contributed by atoms with E-state index in [1.807, 2.05) is 13.8 Å². The van der Waals surface area contributed by atoms with Crippen LogP contribution in [0, 0.1) is 0 Å². The first-order valence-electron chi connectivity index (χ1n) is 7.62. The van der Waals surface area contributed by atoms with Gasteiger partial charge in [-0.2, -0.15) is 0 Å². The Morgan fingerprint density at radius 1 is 0.667 bits per heavy atom. The molecule has 0 aromatic heterocycles. The third kappa shape index (κ3) is 4.06. The minimum Gasteiger partial charge on any atom is -0.0801 e. The van der Waals surface area contributed by atoms with Crippen LogP contribution < -0.4 is 0 Å². The lowest BCUT2D eigenvalue weighted by Gasteiger charge is -2.07. The fraction of sp³-hybridized carbons (Fsp3) is 0.143. The maximum atomic E-state index is 2.27. The van der Waals surface area contributed by atoms with Crippen molar-refractivity contribution in [3.05, 3.63) is 90.5 Å². The topological polar surface area (TPSA) is 0 Å². The number of allylic oxidation sites excluding steroid dienone is 6. The van der Waals surface area contributed by atoms with E-state index in [0.717, 1.165) is 6.42 Å². The van der Waals surface area contributed by atoms with Gasteiger partial charge >= 0.3 is 0 Å². The predicted octanol–water partition coefficient (Wildman–Crippen LogP) is 6.28. The van der Waals surface area contributed by atoms with Crippen molar-refractivity contribution in [3.8, 4) is 11.1 Å². The molecule has 0 saturated carbocycles. The molecule has 0 heteroatoms. The molecular weight excluding hydrogens is 252 g/mol. The summed E-state index contributed by atoms with van der Waals surface area (Å²) in [6.07, 6.45) is 11.7. The van der Waals surface area contributed by atoms with E-state index in [4.69, 9.17) is 0 Å². The van der Waals surface area contributed by atoms with Crippen LogP contribution in [-0.4, -0.2) is 0 Å². The summed E-state index contributed by atoms with van der Waals surface area (Å²) >= 11 is 0. The van der Waals surface area contributed by atoms with Gasteiger partial charge in [0.15, 0.2) is 0 Å². The van der Waals surface area contributed by atoms with Gasteiger partial charge in [0.25, 0.3) is 0 Å². The average Bonchev–Trinajstić information content (AvgIpc) is 2.87. The summed E-state index contributed by atoms with van der Waals surface area (Å²) in [5.74, 6) is 0. The molecule has 0 atom stereocenters. The molecular formula is C21H22. The zero-order valence-corrected chi connectivity index (χ0v) is 12.8. The van der Waals surface area contributed by atoms with E-state index < -0.39 is 0 Å². The quantitative estimate of drug-likeness (QED) is 0.604. The maximum Gasteiger partial charge on any atom is -0.00884 e. The zero-order valence-electron chi connectivity index (χ0n) is 12.8. The molecule has 0 radical (unpaired) electrons. The second-order valence-corrected chi connectivity index (χ2v) is 4.66. The van der Waals surface area contributed by atoms with Crippen LogP contribution in [-0.2, 0) is 0 Å². The molecule has 0 amide bonds. The summed E-state index contributed by atoms with van der Waals surface area (Å²) in [6, 6.07) is 19.3. The predicted molar refractivity (Wildman–Crippen MR) is 94.1 cm³/mol. The first kappa shape index (κ1) is 15.1. The molecule has 0 N–H and O–H groups in total. The van der Waals surface area contributed by atoms with E-state index >= 15 is 0 Å². The molecule has 21 heavy (non-hydrogen) atoms. The number of hydrogen-bond donors (Lipinski definition) is 0. The minimum absolute atomic E-state index is 0.991. The van der Waals surface area contributed by atoms with Gasteiger partial charge in [-0.25, -0.2) is 0 Å². The van der Waals surface area contributed by atoms with Gasteiger partial charge in [0, 0.05) is 0 Å². The van der Waals surface area contributed by atoms with Crippen LogP contribution in [0.3, 0.4) is 0 Å². The Labute approximate surface area is 128 Å². The van der Waals surface area contributed by atoms with Gasteiger partial charge in [-0.15, -0.1) is 0 Å². The van der Waals surface area contributed by atoms with E-state index in [-0.39, 0.29) is 0 Å². The van der Waals surface area contributed by atoms with Gasteiger partial charge in [-0.1, -0.05) is 92.8 Å². The van der Waals surface area contributed by atoms with Crippen molar-refractivity contribution in [3.63, 3.8) is 0 Å². The zero-order chi connectivity index (χ0) is 14.9. The van der Waals surface area contributed by atoms with Crippen molar-refractivity contribution in [2.24, 2.45) is 0 Å². The monoisotopic (exact) mass is 274 g/mol. The molecule has 0 bridgehead atoms. The lowest BCUT2D eigenvalue weighted by atomic mass is 9.97. The summed E-state index contributed by atoms with van der Waals surface area (Å²) < 4.78 is 0. The van der Waals surface area contributed by atoms with Crippen molar-refractivity contribution in [1.82, 2.24) is 0 Å². The van der Waals surface area contributed by atoms with E-state index in [1.54, 1.807) is 0 Å². The van der Waals surface area contributed by atoms with Crippen LogP contribution in [0.2, 0.25) is 0 Å². The molecule has 1 aliphatic rings. The van der Waals surface area contributed by atoms with Crippen LogP contribution in [0.1, 0.15) is 25.8 Å². The molecule has 0 heterocycles. The molecule has 0 nitrogen and oxygen atoms in total. The van der Waals surface area contributed by atoms with E-state index in [1.165, 1.54) is 22.3 Å². The Kier molecular flexibility index (Phi) is 5.78. The second kappa shape index (κ2) is 8.06. The maximum absolute atomic E-state index is 2.27. The van der Waals surface area contributed by atoms with Gasteiger partial charge in [0.2, 0.25) is 0 Å². The Morgan fingerprint density at radius 2 is 1.38 bits per heavy atom. The Hall–Kier alpha value is -2.34. The fourth-order valence-electron chi connectivity index (χ4n) is 2.32. The molecule has 3 rings (SSSR count). The van der Waals surface area contributed by atoms with Gasteiger partial charge in [0.1, 0.15) is 0 Å². The Morgan fingerprint density at radius 3 is 2.19 bits per heavy atom. The first-order valence-corrected chi connectivity index (χ1v) is 7.62. The summed E-state index contributed by atoms with van der Waals surface area (Å²) in [6.45, 7) is 4.00. The summed E-state index contributed by atoms with van der Waals surface area (Å²) in [4.78, 5) is 0. The lowest BCUT2D eigenvalue weighted by molar-refractivity contribution is 1.40. The van der Waals surface area contributed by atoms with Crippen molar-refractivity contribution in [2.75, 3.05) is 0 Å². The van der Waals surface area contributed by atoms with Crippen LogP contribution in [0.15, 0.2) is 85.0 Å². The number of benzene rings is 2. The fourth-order valence-corrected chi connectivity index (χ4v) is 2.32. The van der Waals surface area contributed by atoms with E-state index in [0.29, 0.717) is 0 Å². The minimum atomic E-state index is 0.991. The standard InChI is InChI=1S/C19H16.C2H6/c1-2-5-10-16(9-4-1)18-13-8-14-19(15-18)17-11-6-3-7-12-17;1-2/h1-9,11-15H,10H2;1-2H3. The lowest BCUT2D eigenvalue weighted by Crippen LogP contribution is -1.85. The molecule has 0 saturated heterocycles. The van der Waals surface area contributed by atoms with Crippen molar-refractivity contribution in [1.29, 1.82) is 0 Å². The first-order chi connectivity index (χ1) is 10.4. The molecule has 0 unspecified atom stereocenters. The largest absolute Gasteiger partial charge is 0.0801 e. The van der Waals surface area contributed by atoms with Crippen molar-refractivity contribution in [2.45, 2.75) is 20.3 Å². The molecule has 106 valence electrons. The third-order valence-electron chi connectivity index (χ3n) is 3.33. The summed E-state index contributed by atoms with van der Waals surface area (Å²) in [5, 5.41) is 0. The van der Waals surface area contributed by atoms with Crippen LogP contribution >= 0.6 is 0 Å². The highest BCUT2D eigenvalue weighted by Crippen LogP contribution is 2.26. The normalized spacial score (nSPS) is 13.0. The van der Waals surface area contributed by atoms with Gasteiger partial charge in [-0.3, -0.25) is 0 Å². The summed E-state index contributed by atoms with van der Waals surface area (Å²) in [5.41, 5.74) is 5.21.